The first-order valence-corrected chi connectivity index (χ1v) is 19.3. The number of benzene rings is 6. The Labute approximate surface area is 333 Å². The van der Waals surface area contributed by atoms with Crippen LogP contribution in [-0.2, 0) is 35.2 Å². The Bertz CT molecular complexity index is 2770. The van der Waals surface area contributed by atoms with Crippen molar-refractivity contribution in [2.24, 2.45) is 35.2 Å². The molecule has 9 aromatic rings. The van der Waals surface area contributed by atoms with E-state index in [1.54, 1.807) is 0 Å². The number of imidazole rings is 3. The number of aryl methyl sites for hydroxylation is 5. The molecule has 0 aliphatic heterocycles. The van der Waals surface area contributed by atoms with Gasteiger partial charge in [0.05, 0.1) is 35.2 Å². The summed E-state index contributed by atoms with van der Waals surface area (Å²) in [6.07, 6.45) is 13.1. The van der Waals surface area contributed by atoms with Crippen molar-refractivity contribution in [3.8, 4) is 0 Å². The summed E-state index contributed by atoms with van der Waals surface area (Å²) < 4.78 is 11.1. The highest BCUT2D eigenvalue weighted by molar-refractivity contribution is 5.82. The third-order valence-corrected chi connectivity index (χ3v) is 11.2. The zero-order valence-electron chi connectivity index (χ0n) is 33.0. The Hall–Kier alpha value is -7.25. The van der Waals surface area contributed by atoms with Gasteiger partial charge in [0.25, 0.3) is 17.5 Å². The minimum atomic E-state index is 1.05. The summed E-state index contributed by atoms with van der Waals surface area (Å²) in [6, 6.07) is 51.8. The molecule has 0 radical (unpaired) electrons. The van der Waals surface area contributed by atoms with Crippen molar-refractivity contribution in [3.63, 3.8) is 0 Å². The first-order chi connectivity index (χ1) is 27.8. The molecule has 278 valence electrons. The Morgan fingerprint density at radius 3 is 1.23 bits per heavy atom. The first kappa shape index (κ1) is 35.5. The van der Waals surface area contributed by atoms with Crippen LogP contribution in [0.1, 0.15) is 34.2 Å². The van der Waals surface area contributed by atoms with E-state index in [2.05, 4.69) is 250 Å². The van der Waals surface area contributed by atoms with Crippen LogP contribution in [-0.4, -0.2) is 13.7 Å². The lowest BCUT2D eigenvalue weighted by atomic mass is 10.1. The second-order valence-electron chi connectivity index (χ2n) is 14.6. The second-order valence-corrected chi connectivity index (χ2v) is 14.6. The van der Waals surface area contributed by atoms with Crippen LogP contribution in [0.15, 0.2) is 146 Å². The Morgan fingerprint density at radius 1 is 0.421 bits per heavy atom. The van der Waals surface area contributed by atoms with Crippen molar-refractivity contribution >= 4 is 86.6 Å². The lowest BCUT2D eigenvalue weighted by Crippen LogP contribution is -2.30. The van der Waals surface area contributed by atoms with Gasteiger partial charge in [0.2, 0.25) is 0 Å². The molecular formula is C50H46N7+3. The van der Waals surface area contributed by atoms with Crippen LogP contribution in [0, 0.1) is 0 Å². The van der Waals surface area contributed by atoms with Gasteiger partial charge in [0.15, 0.2) is 33.1 Å². The van der Waals surface area contributed by atoms with Gasteiger partial charge >= 0.3 is 0 Å². The summed E-state index contributed by atoms with van der Waals surface area (Å²) in [5.74, 6) is 3.32. The molecule has 7 heteroatoms. The number of H-pyrrole nitrogens is 1. The average Bonchev–Trinajstić information content (AvgIpc) is 3.80. The van der Waals surface area contributed by atoms with Crippen molar-refractivity contribution in [3.05, 3.63) is 180 Å². The summed E-state index contributed by atoms with van der Waals surface area (Å²) in [5.41, 5.74) is 13.8. The molecule has 0 saturated carbocycles. The van der Waals surface area contributed by atoms with Gasteiger partial charge in [-0.2, -0.15) is 0 Å². The molecule has 0 atom stereocenters. The summed E-state index contributed by atoms with van der Waals surface area (Å²) >= 11 is 0. The highest BCUT2D eigenvalue weighted by Crippen LogP contribution is 2.35. The number of nitrogens with one attached hydrogen (secondary N) is 1. The molecule has 57 heavy (non-hydrogen) atoms. The summed E-state index contributed by atoms with van der Waals surface area (Å²) in [6.45, 7) is 0. The lowest BCUT2D eigenvalue weighted by Gasteiger charge is -2.26. The number of rotatable bonds is 9. The maximum Gasteiger partial charge on any atom is 0.281 e. The molecule has 6 aromatic carbocycles. The fourth-order valence-corrected chi connectivity index (χ4v) is 8.00. The number of aromatic amines is 1. The predicted octanol–water partition coefficient (Wildman–Crippen LogP) is 9.61. The van der Waals surface area contributed by atoms with Gasteiger partial charge in [-0.15, -0.1) is 0 Å². The lowest BCUT2D eigenvalue weighted by molar-refractivity contribution is -0.647. The van der Waals surface area contributed by atoms with E-state index in [0.29, 0.717) is 0 Å². The summed E-state index contributed by atoms with van der Waals surface area (Å²) in [5, 5.41) is 0. The number of hydrogen-bond donors (Lipinski definition) is 0. The van der Waals surface area contributed by atoms with Crippen molar-refractivity contribution in [1.82, 2.24) is 13.7 Å². The average molecular weight is 745 g/mol. The maximum atomic E-state index is 3.53. The molecule has 0 unspecified atom stereocenters. The van der Waals surface area contributed by atoms with E-state index in [4.69, 9.17) is 0 Å². The van der Waals surface area contributed by atoms with Gasteiger partial charge in [-0.1, -0.05) is 72.8 Å². The first-order valence-electron chi connectivity index (χ1n) is 19.3. The normalized spacial score (nSPS) is 12.1. The van der Waals surface area contributed by atoms with Crippen LogP contribution in [0.4, 0.5) is 17.1 Å². The SMILES string of the molecule is Cn1c(/C=C/c2ccc(N(c3ccc(/C=C/c4n(C)c5ccccc5[n+]4C)cc3)c3ccc(/C=C/c4n(C)c5ccccc5[n+]4C)cc3)cc2)[nH+]c2ccccc21. The van der Waals surface area contributed by atoms with Crippen molar-refractivity contribution in [2.45, 2.75) is 0 Å². The molecular weight excluding hydrogens is 699 g/mol. The van der Waals surface area contributed by atoms with E-state index in [9.17, 15) is 0 Å². The van der Waals surface area contributed by atoms with E-state index in [-0.39, 0.29) is 0 Å². The van der Waals surface area contributed by atoms with Crippen LogP contribution in [0.3, 0.4) is 0 Å². The number of anilines is 3. The number of aromatic nitrogens is 6. The third kappa shape index (κ3) is 6.63. The van der Waals surface area contributed by atoms with Gasteiger partial charge in [-0.3, -0.25) is 0 Å². The van der Waals surface area contributed by atoms with Crippen molar-refractivity contribution in [1.29, 1.82) is 0 Å². The van der Waals surface area contributed by atoms with E-state index in [0.717, 1.165) is 56.7 Å². The molecule has 0 amide bonds. The van der Waals surface area contributed by atoms with Gasteiger partial charge in [-0.05, 0) is 108 Å². The number of para-hydroxylation sites is 6. The van der Waals surface area contributed by atoms with Crippen LogP contribution >= 0.6 is 0 Å². The molecule has 0 fully saturated rings. The number of hydrogen-bond acceptors (Lipinski definition) is 1. The maximum absolute atomic E-state index is 3.53. The minimum absolute atomic E-state index is 1.05. The fourth-order valence-electron chi connectivity index (χ4n) is 8.00. The molecule has 7 nitrogen and oxygen atoms in total. The molecule has 1 N–H and O–H groups in total. The molecule has 0 spiro atoms. The zero-order valence-corrected chi connectivity index (χ0v) is 33.0. The van der Waals surface area contributed by atoms with Crippen LogP contribution in [0.5, 0.6) is 0 Å². The Kier molecular flexibility index (Phi) is 9.19. The van der Waals surface area contributed by atoms with Gasteiger partial charge in [0, 0.05) is 35.3 Å². The monoisotopic (exact) mass is 744 g/mol. The molecule has 0 aliphatic carbocycles. The topological polar surface area (TPSA) is 39.9 Å². The zero-order chi connectivity index (χ0) is 39.0. The molecule has 0 aliphatic rings. The summed E-state index contributed by atoms with van der Waals surface area (Å²) in [4.78, 5) is 5.85. The van der Waals surface area contributed by atoms with Crippen LogP contribution in [0.25, 0.3) is 69.6 Å². The van der Waals surface area contributed by atoms with Crippen molar-refractivity contribution < 1.29 is 14.1 Å². The van der Waals surface area contributed by atoms with E-state index >= 15 is 0 Å². The largest absolute Gasteiger partial charge is 0.311 e. The van der Waals surface area contributed by atoms with Crippen LogP contribution < -0.4 is 19.0 Å². The highest BCUT2D eigenvalue weighted by atomic mass is 15.2. The Balaban J connectivity index is 1.02. The van der Waals surface area contributed by atoms with Gasteiger partial charge in [0.1, 0.15) is 0 Å². The smallest absolute Gasteiger partial charge is 0.281 e. The van der Waals surface area contributed by atoms with Crippen LogP contribution in [0.2, 0.25) is 0 Å². The fraction of sp³-hybridized carbons (Fsp3) is 0.100. The second kappa shape index (κ2) is 14.8. The Morgan fingerprint density at radius 2 is 0.807 bits per heavy atom. The van der Waals surface area contributed by atoms with Crippen molar-refractivity contribution in [2.75, 3.05) is 4.90 Å². The van der Waals surface area contributed by atoms with Gasteiger partial charge < -0.3 is 4.90 Å². The number of fused-ring (bicyclic) bond motifs is 3. The van der Waals surface area contributed by atoms with Gasteiger partial charge in [-0.25, -0.2) is 27.8 Å². The quantitative estimate of drug-likeness (QED) is 0.136. The molecule has 0 saturated heterocycles. The predicted molar refractivity (Wildman–Crippen MR) is 236 cm³/mol. The third-order valence-electron chi connectivity index (χ3n) is 11.2. The van der Waals surface area contributed by atoms with E-state index in [1.807, 2.05) is 0 Å². The highest BCUT2D eigenvalue weighted by Gasteiger charge is 2.19. The van der Waals surface area contributed by atoms with E-state index < -0.39 is 0 Å². The number of nitrogens with zero attached hydrogens (tertiary/aromatic N) is 6. The standard InChI is InChI=1S/C50H45N7/c1-52-43-13-7-6-12-42(43)51-48(52)33-24-36-18-27-39(28-19-36)57(40-29-20-37(21-30-40)25-34-49-53(2)44-14-8-9-15-45(44)54(49)3)41-31-22-38(23-32-41)26-35-50-55(4)46-16-10-11-17-47(46)56(50)5/h6-35H,1-5H3/q+2/p+1/b33-24+. The molecule has 0 bridgehead atoms. The molecule has 3 aromatic heterocycles. The summed E-state index contributed by atoms with van der Waals surface area (Å²) in [7, 11) is 10.6. The van der Waals surface area contributed by atoms with E-state index in [1.165, 1.54) is 27.6 Å². The molecule has 3 heterocycles. The minimum Gasteiger partial charge on any atom is -0.311 e. The molecule has 9 rings (SSSR count).